The Morgan fingerprint density at radius 3 is 2.08 bits per heavy atom. The van der Waals surface area contributed by atoms with E-state index in [2.05, 4.69) is 15.2 Å². The quantitative estimate of drug-likeness (QED) is 0.205. The molecule has 0 aliphatic rings. The van der Waals surface area contributed by atoms with Crippen LogP contribution in [0.5, 0.6) is 0 Å². The topological polar surface area (TPSA) is 43.6 Å². The Kier molecular flexibility index (Phi) is 6.39. The summed E-state index contributed by atoms with van der Waals surface area (Å²) in [6, 6.07) is 14.5. The smallest absolute Gasteiger partial charge is 0.269 e. The highest BCUT2D eigenvalue weighted by Crippen LogP contribution is 2.40. The first-order valence-electron chi connectivity index (χ1n) is 10.1. The second kappa shape index (κ2) is 9.37. The fraction of sp³-hybridized carbons (Fsp3) is 0.0870. The third kappa shape index (κ3) is 5.04. The van der Waals surface area contributed by atoms with Crippen LogP contribution in [0.15, 0.2) is 80.9 Å². The highest BCUT2D eigenvalue weighted by molar-refractivity contribution is 8.00. The van der Waals surface area contributed by atoms with Crippen LogP contribution in [0.1, 0.15) is 11.1 Å². The number of aromatic nitrogens is 4. The molecule has 0 bridgehead atoms. The lowest BCUT2D eigenvalue weighted by Gasteiger charge is -2.13. The maximum Gasteiger partial charge on any atom is 0.416 e. The van der Waals surface area contributed by atoms with Crippen LogP contribution in [0.25, 0.3) is 27.6 Å². The molecular formula is C23H12F6N4S3. The summed E-state index contributed by atoms with van der Waals surface area (Å²) in [7, 11) is 0. The third-order valence-electron chi connectivity index (χ3n) is 4.93. The molecule has 3 aromatic heterocycles. The van der Waals surface area contributed by atoms with Crippen LogP contribution >= 0.6 is 34.4 Å². The Morgan fingerprint density at radius 2 is 1.47 bits per heavy atom. The monoisotopic (exact) mass is 554 g/mol. The molecule has 0 spiro atoms. The Hall–Kier alpha value is -3.16. The summed E-state index contributed by atoms with van der Waals surface area (Å²) in [6.45, 7) is 0. The van der Waals surface area contributed by atoms with Crippen molar-refractivity contribution in [2.45, 2.75) is 21.8 Å². The van der Waals surface area contributed by atoms with Crippen molar-refractivity contribution in [3.8, 4) is 27.6 Å². The Labute approximate surface area is 212 Å². The van der Waals surface area contributed by atoms with Gasteiger partial charge in [-0.05, 0) is 53.5 Å². The number of rotatable bonds is 5. The standard InChI is InChI=1S/C23H12F6N4S3/c24-22(25,26)14-9-13(10-15(11-14)23(27,28)29)17-12-35-21(30-17)36-20-32-31-19(18-7-4-8-34-18)33(20)16-5-2-1-3-6-16/h1-12H. The molecule has 184 valence electrons. The Balaban J connectivity index is 1.53. The minimum Gasteiger partial charge on any atom is -0.269 e. The summed E-state index contributed by atoms with van der Waals surface area (Å²) < 4.78 is 81.8. The molecule has 0 aliphatic heterocycles. The normalized spacial score (nSPS) is 12.3. The molecule has 0 amide bonds. The van der Waals surface area contributed by atoms with Crippen LogP contribution in [-0.4, -0.2) is 19.7 Å². The molecule has 0 atom stereocenters. The Morgan fingerprint density at radius 1 is 0.778 bits per heavy atom. The van der Waals surface area contributed by atoms with E-state index in [-0.39, 0.29) is 17.3 Å². The van der Waals surface area contributed by atoms with Crippen molar-refractivity contribution < 1.29 is 26.3 Å². The molecule has 5 aromatic rings. The molecule has 0 fully saturated rings. The van der Waals surface area contributed by atoms with Crippen molar-refractivity contribution in [1.82, 2.24) is 19.7 Å². The molecule has 4 nitrogen and oxygen atoms in total. The molecule has 5 rings (SSSR count). The number of thiazole rings is 1. The van der Waals surface area contributed by atoms with Gasteiger partial charge >= 0.3 is 12.4 Å². The number of nitrogens with zero attached hydrogens (tertiary/aromatic N) is 4. The first-order valence-corrected chi connectivity index (χ1v) is 12.6. The highest BCUT2D eigenvalue weighted by atomic mass is 32.2. The summed E-state index contributed by atoms with van der Waals surface area (Å²) in [4.78, 5) is 5.17. The van der Waals surface area contributed by atoms with Crippen molar-refractivity contribution in [2.75, 3.05) is 0 Å². The lowest BCUT2D eigenvalue weighted by Crippen LogP contribution is -2.11. The third-order valence-corrected chi connectivity index (χ3v) is 7.69. The largest absolute Gasteiger partial charge is 0.416 e. The lowest BCUT2D eigenvalue weighted by atomic mass is 10.0. The summed E-state index contributed by atoms with van der Waals surface area (Å²) >= 11 is 3.69. The van der Waals surface area contributed by atoms with Crippen LogP contribution in [0.3, 0.4) is 0 Å². The highest BCUT2D eigenvalue weighted by Gasteiger charge is 2.37. The lowest BCUT2D eigenvalue weighted by molar-refractivity contribution is -0.143. The van der Waals surface area contributed by atoms with Gasteiger partial charge in [-0.25, -0.2) is 4.98 Å². The first-order chi connectivity index (χ1) is 17.1. The van der Waals surface area contributed by atoms with E-state index in [1.165, 1.54) is 16.7 Å². The number of hydrogen-bond acceptors (Lipinski definition) is 6. The Bertz CT molecular complexity index is 1460. The van der Waals surface area contributed by atoms with Crippen LogP contribution in [0.4, 0.5) is 26.3 Å². The molecule has 13 heteroatoms. The van der Waals surface area contributed by atoms with Gasteiger partial charge in [0.05, 0.1) is 21.7 Å². The molecule has 0 N–H and O–H groups in total. The second-order valence-corrected chi connectivity index (χ2v) is 10.4. The average Bonchev–Trinajstić information content (AvgIpc) is 3.59. The van der Waals surface area contributed by atoms with Gasteiger partial charge in [0.15, 0.2) is 10.2 Å². The summed E-state index contributed by atoms with van der Waals surface area (Å²) in [5, 5.41) is 12.3. The predicted molar refractivity (Wildman–Crippen MR) is 126 cm³/mol. The van der Waals surface area contributed by atoms with Gasteiger partial charge in [-0.2, -0.15) is 26.3 Å². The van der Waals surface area contributed by atoms with Gasteiger partial charge in [0.25, 0.3) is 0 Å². The van der Waals surface area contributed by atoms with Gasteiger partial charge in [-0.1, -0.05) is 24.3 Å². The number of halogens is 6. The van der Waals surface area contributed by atoms with E-state index in [0.29, 0.717) is 27.5 Å². The van der Waals surface area contributed by atoms with Crippen molar-refractivity contribution >= 4 is 34.4 Å². The van der Waals surface area contributed by atoms with Crippen molar-refractivity contribution in [3.05, 3.63) is 82.6 Å². The zero-order valence-electron chi connectivity index (χ0n) is 17.7. The number of benzene rings is 2. The van der Waals surface area contributed by atoms with E-state index >= 15 is 0 Å². The summed E-state index contributed by atoms with van der Waals surface area (Å²) in [6.07, 6.45) is -9.87. The number of hydrogen-bond donors (Lipinski definition) is 0. The fourth-order valence-corrected chi connectivity index (χ4v) is 5.80. The van der Waals surface area contributed by atoms with E-state index < -0.39 is 23.5 Å². The van der Waals surface area contributed by atoms with Gasteiger partial charge in [0.1, 0.15) is 0 Å². The molecule has 2 aromatic carbocycles. The average molecular weight is 555 g/mol. The maximum absolute atomic E-state index is 13.3. The zero-order chi connectivity index (χ0) is 25.5. The van der Waals surface area contributed by atoms with Gasteiger partial charge in [0.2, 0.25) is 5.16 Å². The van der Waals surface area contributed by atoms with Crippen molar-refractivity contribution in [3.63, 3.8) is 0 Å². The second-order valence-electron chi connectivity index (χ2n) is 7.35. The summed E-state index contributed by atoms with van der Waals surface area (Å²) in [5.41, 5.74) is -2.26. The van der Waals surface area contributed by atoms with Gasteiger partial charge in [-0.3, -0.25) is 4.57 Å². The summed E-state index contributed by atoms with van der Waals surface area (Å²) in [5.74, 6) is 0.600. The van der Waals surface area contributed by atoms with E-state index in [1.54, 1.807) is 0 Å². The van der Waals surface area contributed by atoms with Gasteiger partial charge < -0.3 is 0 Å². The van der Waals surface area contributed by atoms with E-state index in [9.17, 15) is 26.3 Å². The molecule has 0 saturated heterocycles. The molecule has 0 unspecified atom stereocenters. The van der Waals surface area contributed by atoms with Gasteiger partial charge in [0, 0.05) is 16.6 Å². The maximum atomic E-state index is 13.3. The van der Waals surface area contributed by atoms with Crippen molar-refractivity contribution in [1.29, 1.82) is 0 Å². The van der Waals surface area contributed by atoms with E-state index in [1.807, 2.05) is 52.4 Å². The molecule has 0 saturated carbocycles. The zero-order valence-corrected chi connectivity index (χ0v) is 20.2. The van der Waals surface area contributed by atoms with E-state index in [0.717, 1.165) is 33.7 Å². The van der Waals surface area contributed by atoms with Crippen LogP contribution in [0.2, 0.25) is 0 Å². The molecular weight excluding hydrogens is 542 g/mol. The number of alkyl halides is 6. The van der Waals surface area contributed by atoms with Gasteiger partial charge in [-0.15, -0.1) is 32.9 Å². The molecule has 0 aliphatic carbocycles. The molecule has 36 heavy (non-hydrogen) atoms. The fourth-order valence-electron chi connectivity index (χ4n) is 3.33. The minimum atomic E-state index is -4.94. The van der Waals surface area contributed by atoms with Crippen LogP contribution in [0, 0.1) is 0 Å². The first kappa shape index (κ1) is 24.5. The van der Waals surface area contributed by atoms with Crippen molar-refractivity contribution in [2.24, 2.45) is 0 Å². The molecule has 0 radical (unpaired) electrons. The number of thiophene rings is 1. The SMILES string of the molecule is FC(F)(F)c1cc(-c2csc(Sc3nnc(-c4cccs4)n3-c3ccccc3)n2)cc(C(F)(F)F)c1. The molecule has 3 heterocycles. The minimum absolute atomic E-state index is 0.00311. The van der Waals surface area contributed by atoms with Crippen LogP contribution in [-0.2, 0) is 12.4 Å². The van der Waals surface area contributed by atoms with E-state index in [4.69, 9.17) is 0 Å². The number of para-hydroxylation sites is 1. The predicted octanol–water partition coefficient (Wildman–Crippen LogP) is 8.31. The van der Waals surface area contributed by atoms with Crippen LogP contribution < -0.4 is 0 Å².